The second-order valence-corrected chi connectivity index (χ2v) is 6.54. The molecule has 1 aromatic heterocycles. The minimum absolute atomic E-state index is 0.00539. The summed E-state index contributed by atoms with van der Waals surface area (Å²) in [5.74, 6) is 0.0554. The van der Waals surface area contributed by atoms with Gasteiger partial charge in [0.2, 0.25) is 11.5 Å². The number of nitrogens with zero attached hydrogens (tertiary/aromatic N) is 2. The number of aryl methyl sites for hydroxylation is 1. The Labute approximate surface area is 148 Å². The van der Waals surface area contributed by atoms with Crippen molar-refractivity contribution in [2.75, 3.05) is 13.1 Å². The molecule has 1 aliphatic heterocycles. The molecule has 1 N–H and O–H groups in total. The summed E-state index contributed by atoms with van der Waals surface area (Å²) in [5.41, 5.74) is 2.70. The van der Waals surface area contributed by atoms with Gasteiger partial charge >= 0.3 is 0 Å². The number of hydrogen-bond acceptors (Lipinski definition) is 3. The molecule has 5 nitrogen and oxygen atoms in total. The van der Waals surface area contributed by atoms with Gasteiger partial charge in [-0.05, 0) is 37.0 Å². The Morgan fingerprint density at radius 1 is 1.16 bits per heavy atom. The van der Waals surface area contributed by atoms with Gasteiger partial charge in [0.25, 0.3) is 0 Å². The molecule has 1 unspecified atom stereocenters. The SMILES string of the molecule is CC(C(=O)NCCCn1ccccc1=O)N1CCc2ccccc2C1. The summed E-state index contributed by atoms with van der Waals surface area (Å²) in [5, 5.41) is 3.00. The van der Waals surface area contributed by atoms with Crippen molar-refractivity contribution in [1.82, 2.24) is 14.8 Å². The predicted octanol–water partition coefficient (Wildman–Crippen LogP) is 1.80. The van der Waals surface area contributed by atoms with E-state index in [1.165, 1.54) is 11.1 Å². The maximum Gasteiger partial charge on any atom is 0.250 e. The fourth-order valence-corrected chi connectivity index (χ4v) is 3.27. The number of hydrogen-bond donors (Lipinski definition) is 1. The van der Waals surface area contributed by atoms with E-state index >= 15 is 0 Å². The van der Waals surface area contributed by atoms with E-state index in [-0.39, 0.29) is 17.5 Å². The van der Waals surface area contributed by atoms with E-state index in [9.17, 15) is 9.59 Å². The van der Waals surface area contributed by atoms with Crippen molar-refractivity contribution < 1.29 is 4.79 Å². The number of benzene rings is 1. The molecule has 2 aromatic rings. The van der Waals surface area contributed by atoms with E-state index < -0.39 is 0 Å². The van der Waals surface area contributed by atoms with Crippen LogP contribution in [0.1, 0.15) is 24.5 Å². The lowest BCUT2D eigenvalue weighted by Gasteiger charge is -2.32. The number of pyridine rings is 1. The summed E-state index contributed by atoms with van der Waals surface area (Å²) in [4.78, 5) is 26.3. The third-order valence-corrected chi connectivity index (χ3v) is 4.86. The molecule has 0 radical (unpaired) electrons. The molecule has 1 aromatic carbocycles. The number of fused-ring (bicyclic) bond motifs is 1. The molecule has 0 saturated carbocycles. The van der Waals surface area contributed by atoms with Crippen LogP contribution in [0.2, 0.25) is 0 Å². The summed E-state index contributed by atoms with van der Waals surface area (Å²) < 4.78 is 1.66. The Bertz CT molecular complexity index is 784. The van der Waals surface area contributed by atoms with Crippen molar-refractivity contribution >= 4 is 5.91 Å². The van der Waals surface area contributed by atoms with E-state index in [0.29, 0.717) is 13.1 Å². The van der Waals surface area contributed by atoms with Gasteiger partial charge in [0.15, 0.2) is 0 Å². The second kappa shape index (κ2) is 8.12. The molecule has 1 amide bonds. The fourth-order valence-electron chi connectivity index (χ4n) is 3.27. The smallest absolute Gasteiger partial charge is 0.250 e. The van der Waals surface area contributed by atoms with Crippen LogP contribution in [0.3, 0.4) is 0 Å². The first kappa shape index (κ1) is 17.4. The van der Waals surface area contributed by atoms with Crippen molar-refractivity contribution in [2.45, 2.75) is 38.9 Å². The topological polar surface area (TPSA) is 54.3 Å². The molecule has 3 rings (SSSR count). The lowest BCUT2D eigenvalue weighted by atomic mass is 9.99. The van der Waals surface area contributed by atoms with Gasteiger partial charge in [0.05, 0.1) is 6.04 Å². The Morgan fingerprint density at radius 3 is 2.72 bits per heavy atom. The molecule has 0 aliphatic carbocycles. The molecule has 132 valence electrons. The molecule has 1 aliphatic rings. The van der Waals surface area contributed by atoms with Crippen molar-refractivity contribution in [3.05, 3.63) is 70.1 Å². The minimum atomic E-state index is -0.146. The molecule has 0 fully saturated rings. The average molecular weight is 339 g/mol. The van der Waals surface area contributed by atoms with Crippen LogP contribution in [-0.4, -0.2) is 34.5 Å². The molecule has 1 atom stereocenters. The van der Waals surface area contributed by atoms with E-state index in [0.717, 1.165) is 25.9 Å². The standard InChI is InChI=1S/C20H25N3O2/c1-16(23-14-10-17-7-2-3-8-18(17)15-23)20(25)21-11-6-13-22-12-5-4-9-19(22)24/h2-5,7-9,12,16H,6,10-11,13-15H2,1H3,(H,21,25). The number of aromatic nitrogens is 1. The number of rotatable bonds is 6. The largest absolute Gasteiger partial charge is 0.355 e. The van der Waals surface area contributed by atoms with Gasteiger partial charge in [-0.25, -0.2) is 0 Å². The first-order valence-corrected chi connectivity index (χ1v) is 8.89. The predicted molar refractivity (Wildman–Crippen MR) is 98.3 cm³/mol. The van der Waals surface area contributed by atoms with Gasteiger partial charge in [-0.2, -0.15) is 0 Å². The lowest BCUT2D eigenvalue weighted by Crippen LogP contribution is -2.47. The van der Waals surface area contributed by atoms with Crippen LogP contribution in [0.4, 0.5) is 0 Å². The van der Waals surface area contributed by atoms with Crippen LogP contribution < -0.4 is 10.9 Å². The Balaban J connectivity index is 1.45. The lowest BCUT2D eigenvalue weighted by molar-refractivity contribution is -0.126. The van der Waals surface area contributed by atoms with Crippen LogP contribution in [-0.2, 0) is 24.3 Å². The third kappa shape index (κ3) is 4.37. The number of amides is 1. The summed E-state index contributed by atoms with van der Waals surface area (Å²) >= 11 is 0. The molecule has 5 heteroatoms. The third-order valence-electron chi connectivity index (χ3n) is 4.86. The summed E-state index contributed by atoms with van der Waals surface area (Å²) in [7, 11) is 0. The first-order valence-electron chi connectivity index (χ1n) is 8.89. The summed E-state index contributed by atoms with van der Waals surface area (Å²) in [6.45, 7) is 4.89. The Hall–Kier alpha value is -2.40. The van der Waals surface area contributed by atoms with E-state index in [2.05, 4.69) is 34.5 Å². The molecule has 2 heterocycles. The van der Waals surface area contributed by atoms with E-state index in [4.69, 9.17) is 0 Å². The van der Waals surface area contributed by atoms with Gasteiger partial charge in [-0.1, -0.05) is 30.3 Å². The van der Waals surface area contributed by atoms with Crippen molar-refractivity contribution in [1.29, 1.82) is 0 Å². The highest BCUT2D eigenvalue weighted by Crippen LogP contribution is 2.20. The minimum Gasteiger partial charge on any atom is -0.355 e. The van der Waals surface area contributed by atoms with Crippen LogP contribution in [0.5, 0.6) is 0 Å². The van der Waals surface area contributed by atoms with Crippen molar-refractivity contribution in [2.24, 2.45) is 0 Å². The zero-order chi connectivity index (χ0) is 17.6. The van der Waals surface area contributed by atoms with Crippen LogP contribution >= 0.6 is 0 Å². The summed E-state index contributed by atoms with van der Waals surface area (Å²) in [6.07, 6.45) is 3.51. The average Bonchev–Trinajstić information content (AvgIpc) is 2.65. The monoisotopic (exact) mass is 339 g/mol. The first-order chi connectivity index (χ1) is 12.1. The quantitative estimate of drug-likeness (QED) is 0.817. The van der Waals surface area contributed by atoms with E-state index in [1.807, 2.05) is 13.0 Å². The number of carbonyl (C=O) groups excluding carboxylic acids is 1. The highest BCUT2D eigenvalue weighted by atomic mass is 16.2. The molecule has 0 spiro atoms. The van der Waals surface area contributed by atoms with Crippen LogP contribution in [0, 0.1) is 0 Å². The highest BCUT2D eigenvalue weighted by Gasteiger charge is 2.24. The van der Waals surface area contributed by atoms with Gasteiger partial charge in [0.1, 0.15) is 0 Å². The maximum absolute atomic E-state index is 12.4. The van der Waals surface area contributed by atoms with Gasteiger partial charge < -0.3 is 9.88 Å². The number of nitrogens with one attached hydrogen (secondary N) is 1. The maximum atomic E-state index is 12.4. The van der Waals surface area contributed by atoms with Crippen LogP contribution in [0.15, 0.2) is 53.5 Å². The molecular weight excluding hydrogens is 314 g/mol. The number of carbonyl (C=O) groups is 1. The Kier molecular flexibility index (Phi) is 5.66. The second-order valence-electron chi connectivity index (χ2n) is 6.54. The fraction of sp³-hybridized carbons (Fsp3) is 0.400. The zero-order valence-corrected chi connectivity index (χ0v) is 14.6. The van der Waals surface area contributed by atoms with E-state index in [1.54, 1.807) is 22.9 Å². The highest BCUT2D eigenvalue weighted by molar-refractivity contribution is 5.81. The van der Waals surface area contributed by atoms with Crippen molar-refractivity contribution in [3.63, 3.8) is 0 Å². The Morgan fingerprint density at radius 2 is 1.92 bits per heavy atom. The molecule has 0 saturated heterocycles. The zero-order valence-electron chi connectivity index (χ0n) is 14.6. The van der Waals surface area contributed by atoms with Crippen molar-refractivity contribution in [3.8, 4) is 0 Å². The van der Waals surface area contributed by atoms with Gasteiger partial charge in [0, 0.05) is 38.4 Å². The molecule has 0 bridgehead atoms. The summed E-state index contributed by atoms with van der Waals surface area (Å²) in [6, 6.07) is 13.4. The molecule has 25 heavy (non-hydrogen) atoms. The van der Waals surface area contributed by atoms with Gasteiger partial charge in [-0.15, -0.1) is 0 Å². The normalized spacial score (nSPS) is 15.4. The van der Waals surface area contributed by atoms with Gasteiger partial charge in [-0.3, -0.25) is 14.5 Å². The van der Waals surface area contributed by atoms with Crippen LogP contribution in [0.25, 0.3) is 0 Å². The molecular formula is C20H25N3O2.